The average molecular weight is 390 g/mol. The van der Waals surface area contributed by atoms with E-state index in [-0.39, 0.29) is 30.0 Å². The minimum Gasteiger partial charge on any atom is -0.478 e. The van der Waals surface area contributed by atoms with Gasteiger partial charge >= 0.3 is 11.9 Å². The number of carbonyl (C=O) groups excluding carboxylic acids is 1. The molecule has 0 aromatic rings. The van der Waals surface area contributed by atoms with Gasteiger partial charge < -0.3 is 9.84 Å². The number of ether oxygens (including phenoxy) is 1. The van der Waals surface area contributed by atoms with Gasteiger partial charge in [-0.3, -0.25) is 0 Å². The Morgan fingerprint density at radius 3 is 2.21 bits per heavy atom. The van der Waals surface area contributed by atoms with Crippen molar-refractivity contribution in [2.24, 2.45) is 22.1 Å². The molecule has 28 heavy (non-hydrogen) atoms. The highest BCUT2D eigenvalue weighted by Crippen LogP contribution is 2.17. The van der Waals surface area contributed by atoms with E-state index in [9.17, 15) is 9.59 Å². The lowest BCUT2D eigenvalue weighted by Crippen LogP contribution is -2.19. The number of nitrogens with zero attached hydrogens (tertiary/aromatic N) is 4. The fourth-order valence-corrected chi connectivity index (χ4v) is 1.47. The molecule has 0 saturated heterocycles. The van der Waals surface area contributed by atoms with E-state index in [1.165, 1.54) is 6.92 Å². The van der Waals surface area contributed by atoms with Crippen molar-refractivity contribution < 1.29 is 19.4 Å². The molecule has 0 spiro atoms. The van der Waals surface area contributed by atoms with E-state index < -0.39 is 23.9 Å². The van der Waals surface area contributed by atoms with Crippen molar-refractivity contribution in [2.45, 2.75) is 53.0 Å². The van der Waals surface area contributed by atoms with Gasteiger partial charge in [-0.05, 0) is 27.2 Å². The molecule has 0 bridgehead atoms. The van der Waals surface area contributed by atoms with Crippen molar-refractivity contribution in [3.63, 3.8) is 0 Å². The second kappa shape index (κ2) is 16.2. The second-order valence-electron chi connectivity index (χ2n) is 6.34. The molecule has 1 N–H and O–H groups in total. The predicted octanol–water partition coefficient (Wildman–Crippen LogP) is 4.06. The van der Waals surface area contributed by atoms with E-state index in [4.69, 9.17) is 20.4 Å². The van der Waals surface area contributed by atoms with Gasteiger partial charge in [-0.25, -0.2) is 9.59 Å². The highest BCUT2D eigenvalue weighted by molar-refractivity contribution is 5.87. The number of nitriles is 2. The molecule has 0 aromatic carbocycles. The van der Waals surface area contributed by atoms with Gasteiger partial charge in [0.2, 0.25) is 0 Å². The van der Waals surface area contributed by atoms with E-state index in [1.54, 1.807) is 13.8 Å². The summed E-state index contributed by atoms with van der Waals surface area (Å²) < 4.78 is 5.08. The Bertz CT molecular complexity index is 632. The van der Waals surface area contributed by atoms with Gasteiger partial charge in [0.25, 0.3) is 0 Å². The molecule has 8 nitrogen and oxygen atoms in total. The zero-order chi connectivity index (χ0) is 22.1. The third-order valence-electron chi connectivity index (χ3n) is 3.43. The number of hydrogen-bond acceptors (Lipinski definition) is 7. The minimum absolute atomic E-state index is 0.176. The predicted molar refractivity (Wildman–Crippen MR) is 105 cm³/mol. The maximum Gasteiger partial charge on any atom is 0.333 e. The highest BCUT2D eigenvalue weighted by atomic mass is 16.5. The van der Waals surface area contributed by atoms with Gasteiger partial charge in [-0.15, -0.1) is 0 Å². The summed E-state index contributed by atoms with van der Waals surface area (Å²) >= 11 is 0. The SMILES string of the molecule is C=C(C)C(=O)O.C=C(CC(N=NCC(C)C#N)C(C)C#N)C(=O)OCCCC. The van der Waals surface area contributed by atoms with Crippen molar-refractivity contribution in [2.75, 3.05) is 13.2 Å². The van der Waals surface area contributed by atoms with Crippen LogP contribution in [0.15, 0.2) is 34.5 Å². The fourth-order valence-electron chi connectivity index (χ4n) is 1.47. The minimum atomic E-state index is -0.935. The summed E-state index contributed by atoms with van der Waals surface area (Å²) in [6.07, 6.45) is 1.98. The van der Waals surface area contributed by atoms with Crippen LogP contribution in [0.2, 0.25) is 0 Å². The molecule has 3 atom stereocenters. The van der Waals surface area contributed by atoms with Gasteiger partial charge in [-0.1, -0.05) is 26.5 Å². The van der Waals surface area contributed by atoms with Crippen LogP contribution in [-0.4, -0.2) is 36.2 Å². The highest BCUT2D eigenvalue weighted by Gasteiger charge is 2.21. The first-order valence-corrected chi connectivity index (χ1v) is 9.00. The summed E-state index contributed by atoms with van der Waals surface area (Å²) in [6, 6.07) is 3.70. The van der Waals surface area contributed by atoms with Crippen LogP contribution in [0, 0.1) is 34.5 Å². The van der Waals surface area contributed by atoms with E-state index >= 15 is 0 Å². The Hall–Kier alpha value is -3.00. The molecule has 0 radical (unpaired) electrons. The Morgan fingerprint density at radius 2 is 1.79 bits per heavy atom. The smallest absolute Gasteiger partial charge is 0.333 e. The van der Waals surface area contributed by atoms with E-state index in [0.717, 1.165) is 12.8 Å². The van der Waals surface area contributed by atoms with Gasteiger partial charge in [0.05, 0.1) is 43.2 Å². The van der Waals surface area contributed by atoms with Crippen LogP contribution >= 0.6 is 0 Å². The van der Waals surface area contributed by atoms with Crippen molar-refractivity contribution in [1.29, 1.82) is 10.5 Å². The maximum atomic E-state index is 11.8. The van der Waals surface area contributed by atoms with E-state index in [1.807, 2.05) is 6.92 Å². The Balaban J connectivity index is 0. The summed E-state index contributed by atoms with van der Waals surface area (Å²) in [5.74, 6) is -2.02. The van der Waals surface area contributed by atoms with Crippen molar-refractivity contribution >= 4 is 11.9 Å². The zero-order valence-electron chi connectivity index (χ0n) is 17.1. The summed E-state index contributed by atoms with van der Waals surface area (Å²) in [5.41, 5.74) is 0.463. The molecule has 0 aromatic heterocycles. The number of azo groups is 1. The number of esters is 1. The first-order chi connectivity index (χ1) is 13.1. The lowest BCUT2D eigenvalue weighted by atomic mass is 9.97. The molecule has 0 aliphatic carbocycles. The molecular formula is C20H30N4O4. The van der Waals surface area contributed by atoms with E-state index in [2.05, 4.69) is 35.5 Å². The average Bonchev–Trinajstić information content (AvgIpc) is 2.66. The van der Waals surface area contributed by atoms with Crippen molar-refractivity contribution in [1.82, 2.24) is 0 Å². The fraction of sp³-hybridized carbons (Fsp3) is 0.600. The number of carboxylic acid groups (broad SMARTS) is 1. The standard InChI is InChI=1S/C16H24N4O2.C4H6O2/c1-5-6-7-22-16(21)13(3)8-15(14(4)10-18)20-19-11-12(2)9-17;1-3(2)4(5)6/h12,14-15H,3,5-8,11H2,1-2,4H3;1H2,2H3,(H,5,6). The van der Waals surface area contributed by atoms with Crippen molar-refractivity contribution in [3.8, 4) is 12.1 Å². The van der Waals surface area contributed by atoms with Crippen LogP contribution in [0.1, 0.15) is 47.0 Å². The number of unbranched alkanes of at least 4 members (excludes halogenated alkanes) is 1. The van der Waals surface area contributed by atoms with Crippen LogP contribution in [0.4, 0.5) is 0 Å². The number of carboxylic acids is 1. The van der Waals surface area contributed by atoms with Crippen LogP contribution < -0.4 is 0 Å². The molecule has 0 rings (SSSR count). The van der Waals surface area contributed by atoms with Crippen LogP contribution in [0.25, 0.3) is 0 Å². The molecule has 0 amide bonds. The normalized spacial score (nSPS) is 13.1. The Kier molecular flexibility index (Phi) is 15.7. The number of aliphatic carboxylic acids is 1. The third kappa shape index (κ3) is 14.2. The van der Waals surface area contributed by atoms with Gasteiger partial charge in [0.15, 0.2) is 0 Å². The summed E-state index contributed by atoms with van der Waals surface area (Å²) in [4.78, 5) is 21.4. The second-order valence-corrected chi connectivity index (χ2v) is 6.34. The molecule has 0 fully saturated rings. The molecule has 154 valence electrons. The lowest BCUT2D eigenvalue weighted by Gasteiger charge is -2.14. The van der Waals surface area contributed by atoms with Gasteiger partial charge in [-0.2, -0.15) is 20.8 Å². The summed E-state index contributed by atoms with van der Waals surface area (Å²) in [5, 5.41) is 33.7. The van der Waals surface area contributed by atoms with Gasteiger partial charge in [0.1, 0.15) is 0 Å². The number of carbonyl (C=O) groups is 2. The van der Waals surface area contributed by atoms with E-state index in [0.29, 0.717) is 6.61 Å². The first-order valence-electron chi connectivity index (χ1n) is 9.00. The molecule has 8 heteroatoms. The zero-order valence-corrected chi connectivity index (χ0v) is 17.1. The number of rotatable bonds is 11. The van der Waals surface area contributed by atoms with Crippen molar-refractivity contribution in [3.05, 3.63) is 24.3 Å². The number of hydrogen-bond donors (Lipinski definition) is 1. The molecule has 0 aliphatic heterocycles. The monoisotopic (exact) mass is 390 g/mol. The Labute approximate surface area is 167 Å². The summed E-state index contributed by atoms with van der Waals surface area (Å²) in [6.45, 7) is 14.4. The largest absolute Gasteiger partial charge is 0.478 e. The molecule has 0 heterocycles. The van der Waals surface area contributed by atoms with Crippen LogP contribution in [0.5, 0.6) is 0 Å². The molecule has 3 unspecified atom stereocenters. The first kappa shape index (κ1) is 27.2. The quantitative estimate of drug-likeness (QED) is 0.244. The summed E-state index contributed by atoms with van der Waals surface area (Å²) in [7, 11) is 0. The van der Waals surface area contributed by atoms with Gasteiger partial charge in [0, 0.05) is 17.6 Å². The maximum absolute atomic E-state index is 11.8. The third-order valence-corrected chi connectivity index (χ3v) is 3.43. The lowest BCUT2D eigenvalue weighted by molar-refractivity contribution is -0.139. The van der Waals surface area contributed by atoms with Crippen LogP contribution in [0.3, 0.4) is 0 Å². The molecule has 0 aliphatic rings. The molecular weight excluding hydrogens is 360 g/mol. The van der Waals surface area contributed by atoms with Crippen LogP contribution in [-0.2, 0) is 14.3 Å². The Morgan fingerprint density at radius 1 is 1.21 bits per heavy atom. The topological polar surface area (TPSA) is 136 Å². The molecule has 0 saturated carbocycles.